The van der Waals surface area contributed by atoms with Crippen LogP contribution in [0.1, 0.15) is 69.9 Å². The first-order valence-corrected chi connectivity index (χ1v) is 8.09. The first-order chi connectivity index (χ1) is 9.29. The van der Waals surface area contributed by atoms with E-state index >= 15 is 0 Å². The number of hydrogen-bond acceptors (Lipinski definition) is 1. The molecule has 1 aromatic rings. The molecule has 0 bridgehead atoms. The molecule has 0 saturated carbocycles. The SMILES string of the molecule is CCCCCCCCCC(NC)c1ccccc1Cl. The third-order valence-corrected chi connectivity index (χ3v) is 4.07. The lowest BCUT2D eigenvalue weighted by atomic mass is 9.99. The van der Waals surface area contributed by atoms with Crippen LogP contribution in [0.4, 0.5) is 0 Å². The Morgan fingerprint density at radius 3 is 2.26 bits per heavy atom. The van der Waals surface area contributed by atoms with Gasteiger partial charge in [0.05, 0.1) is 0 Å². The van der Waals surface area contributed by atoms with Gasteiger partial charge in [0.25, 0.3) is 0 Å². The van der Waals surface area contributed by atoms with Crippen LogP contribution >= 0.6 is 11.6 Å². The number of hydrogen-bond donors (Lipinski definition) is 1. The van der Waals surface area contributed by atoms with Crippen molar-refractivity contribution in [1.29, 1.82) is 0 Å². The molecule has 2 heteroatoms. The van der Waals surface area contributed by atoms with Crippen molar-refractivity contribution in [2.45, 2.75) is 64.3 Å². The van der Waals surface area contributed by atoms with Crippen molar-refractivity contribution in [2.75, 3.05) is 7.05 Å². The summed E-state index contributed by atoms with van der Waals surface area (Å²) < 4.78 is 0. The molecule has 0 radical (unpaired) electrons. The molecule has 0 aromatic heterocycles. The van der Waals surface area contributed by atoms with Gasteiger partial charge in [-0.25, -0.2) is 0 Å². The Balaban J connectivity index is 2.24. The minimum absolute atomic E-state index is 0.393. The molecule has 0 spiro atoms. The summed E-state index contributed by atoms with van der Waals surface area (Å²) in [5.41, 5.74) is 1.23. The zero-order valence-corrected chi connectivity index (χ0v) is 13.2. The van der Waals surface area contributed by atoms with E-state index in [2.05, 4.69) is 24.4 Å². The summed E-state index contributed by atoms with van der Waals surface area (Å²) in [4.78, 5) is 0. The van der Waals surface area contributed by atoms with Gasteiger partial charge in [0.1, 0.15) is 0 Å². The highest BCUT2D eigenvalue weighted by molar-refractivity contribution is 6.31. The molecular formula is C17H28ClN. The number of unbranched alkanes of at least 4 members (excludes halogenated alkanes) is 6. The van der Waals surface area contributed by atoms with E-state index in [1.807, 2.05) is 19.2 Å². The molecule has 1 unspecified atom stereocenters. The highest BCUT2D eigenvalue weighted by Gasteiger charge is 2.11. The van der Waals surface area contributed by atoms with E-state index in [4.69, 9.17) is 11.6 Å². The van der Waals surface area contributed by atoms with E-state index in [-0.39, 0.29) is 0 Å². The monoisotopic (exact) mass is 281 g/mol. The average Bonchev–Trinajstić information content (AvgIpc) is 2.43. The lowest BCUT2D eigenvalue weighted by molar-refractivity contribution is 0.496. The molecule has 0 aliphatic heterocycles. The standard InChI is InChI=1S/C17H28ClN/c1-3-4-5-6-7-8-9-14-17(19-2)15-12-10-11-13-16(15)18/h10-13,17,19H,3-9,14H2,1-2H3. The van der Waals surface area contributed by atoms with E-state index in [0.29, 0.717) is 6.04 Å². The fraction of sp³-hybridized carbons (Fsp3) is 0.647. The van der Waals surface area contributed by atoms with Gasteiger partial charge in [-0.15, -0.1) is 0 Å². The predicted octanol–water partition coefficient (Wildman–Crippen LogP) is 5.74. The molecule has 19 heavy (non-hydrogen) atoms. The van der Waals surface area contributed by atoms with Crippen LogP contribution in [0.25, 0.3) is 0 Å². The Hall–Kier alpha value is -0.530. The van der Waals surface area contributed by atoms with Gasteiger partial charge in [0.2, 0.25) is 0 Å². The maximum absolute atomic E-state index is 6.26. The maximum atomic E-state index is 6.26. The van der Waals surface area contributed by atoms with E-state index in [9.17, 15) is 0 Å². The highest BCUT2D eigenvalue weighted by atomic mass is 35.5. The summed E-state index contributed by atoms with van der Waals surface area (Å²) in [6, 6.07) is 8.56. The van der Waals surface area contributed by atoms with Gasteiger partial charge >= 0.3 is 0 Å². The molecule has 1 aromatic carbocycles. The number of rotatable bonds is 10. The molecule has 0 heterocycles. The molecule has 0 fully saturated rings. The van der Waals surface area contributed by atoms with Crippen molar-refractivity contribution < 1.29 is 0 Å². The first-order valence-electron chi connectivity index (χ1n) is 7.71. The molecule has 0 amide bonds. The zero-order valence-electron chi connectivity index (χ0n) is 12.4. The predicted molar refractivity (Wildman–Crippen MR) is 85.9 cm³/mol. The summed E-state index contributed by atoms with van der Waals surface area (Å²) in [7, 11) is 2.02. The second-order valence-corrected chi connectivity index (χ2v) is 5.68. The molecule has 108 valence electrons. The Labute approximate surface area is 123 Å². The third kappa shape index (κ3) is 6.44. The largest absolute Gasteiger partial charge is 0.313 e. The summed E-state index contributed by atoms with van der Waals surface area (Å²) in [5.74, 6) is 0. The third-order valence-electron chi connectivity index (χ3n) is 3.73. The molecular weight excluding hydrogens is 254 g/mol. The van der Waals surface area contributed by atoms with Gasteiger partial charge < -0.3 is 5.32 Å². The summed E-state index contributed by atoms with van der Waals surface area (Å²) in [6.07, 6.45) is 10.7. The Morgan fingerprint density at radius 1 is 1.00 bits per heavy atom. The van der Waals surface area contributed by atoms with Crippen molar-refractivity contribution in [1.82, 2.24) is 5.32 Å². The molecule has 0 saturated heterocycles. The van der Waals surface area contributed by atoms with Gasteiger partial charge in [0, 0.05) is 11.1 Å². The van der Waals surface area contributed by atoms with Gasteiger partial charge in [-0.1, -0.05) is 81.7 Å². The number of halogens is 1. The van der Waals surface area contributed by atoms with Crippen LogP contribution in [-0.2, 0) is 0 Å². The molecule has 0 aliphatic rings. The molecule has 0 aliphatic carbocycles. The van der Waals surface area contributed by atoms with Crippen LogP contribution in [-0.4, -0.2) is 7.05 Å². The Morgan fingerprint density at radius 2 is 1.63 bits per heavy atom. The Kier molecular flexibility index (Phi) is 8.94. The minimum atomic E-state index is 0.393. The quantitative estimate of drug-likeness (QED) is 0.539. The molecule has 1 atom stereocenters. The average molecular weight is 282 g/mol. The van der Waals surface area contributed by atoms with Crippen molar-refractivity contribution in [3.63, 3.8) is 0 Å². The van der Waals surface area contributed by atoms with E-state index < -0.39 is 0 Å². The highest BCUT2D eigenvalue weighted by Crippen LogP contribution is 2.26. The number of nitrogens with one attached hydrogen (secondary N) is 1. The summed E-state index contributed by atoms with van der Waals surface area (Å²) >= 11 is 6.26. The number of benzene rings is 1. The molecule has 1 nitrogen and oxygen atoms in total. The lowest BCUT2D eigenvalue weighted by Crippen LogP contribution is -2.16. The summed E-state index contributed by atoms with van der Waals surface area (Å²) in [6.45, 7) is 2.26. The lowest BCUT2D eigenvalue weighted by Gasteiger charge is -2.17. The first kappa shape index (κ1) is 16.5. The smallest absolute Gasteiger partial charge is 0.0453 e. The topological polar surface area (TPSA) is 12.0 Å². The van der Waals surface area contributed by atoms with E-state index in [0.717, 1.165) is 5.02 Å². The second kappa shape index (κ2) is 10.3. The van der Waals surface area contributed by atoms with Gasteiger partial charge in [-0.2, -0.15) is 0 Å². The van der Waals surface area contributed by atoms with Gasteiger partial charge in [-0.05, 0) is 25.1 Å². The van der Waals surface area contributed by atoms with E-state index in [1.54, 1.807) is 0 Å². The maximum Gasteiger partial charge on any atom is 0.0453 e. The van der Waals surface area contributed by atoms with Crippen molar-refractivity contribution in [3.8, 4) is 0 Å². The van der Waals surface area contributed by atoms with Crippen molar-refractivity contribution in [2.24, 2.45) is 0 Å². The van der Waals surface area contributed by atoms with Crippen LogP contribution < -0.4 is 5.32 Å². The van der Waals surface area contributed by atoms with Crippen molar-refractivity contribution in [3.05, 3.63) is 34.9 Å². The van der Waals surface area contributed by atoms with E-state index in [1.165, 1.54) is 56.9 Å². The Bertz CT molecular complexity index is 338. The van der Waals surface area contributed by atoms with Gasteiger partial charge in [-0.3, -0.25) is 0 Å². The zero-order chi connectivity index (χ0) is 13.9. The normalized spacial score (nSPS) is 12.6. The van der Waals surface area contributed by atoms with Crippen LogP contribution in [0.5, 0.6) is 0 Å². The second-order valence-electron chi connectivity index (χ2n) is 5.27. The van der Waals surface area contributed by atoms with Crippen LogP contribution in [0, 0.1) is 0 Å². The summed E-state index contributed by atoms with van der Waals surface area (Å²) in [5, 5.41) is 4.27. The molecule has 1 N–H and O–H groups in total. The van der Waals surface area contributed by atoms with Crippen molar-refractivity contribution >= 4 is 11.6 Å². The van der Waals surface area contributed by atoms with Gasteiger partial charge in [0.15, 0.2) is 0 Å². The fourth-order valence-corrected chi connectivity index (χ4v) is 2.79. The fourth-order valence-electron chi connectivity index (χ4n) is 2.52. The van der Waals surface area contributed by atoms with Crippen LogP contribution in [0.2, 0.25) is 5.02 Å². The van der Waals surface area contributed by atoms with Crippen LogP contribution in [0.15, 0.2) is 24.3 Å². The minimum Gasteiger partial charge on any atom is -0.313 e. The molecule has 1 rings (SSSR count). The van der Waals surface area contributed by atoms with Crippen LogP contribution in [0.3, 0.4) is 0 Å².